The monoisotopic (exact) mass is 216 g/mol. The maximum absolute atomic E-state index is 4.48. The summed E-state index contributed by atoms with van der Waals surface area (Å²) in [5.41, 5.74) is 2.13. The lowest BCUT2D eigenvalue weighted by Crippen LogP contribution is -2.15. The molecule has 0 unspecified atom stereocenters. The second-order valence-electron chi connectivity index (χ2n) is 4.57. The van der Waals surface area contributed by atoms with Crippen molar-refractivity contribution in [2.75, 3.05) is 5.32 Å². The number of aryl methyl sites for hydroxylation is 1. The van der Waals surface area contributed by atoms with Gasteiger partial charge >= 0.3 is 0 Å². The fraction of sp³-hybridized carbons (Fsp3) is 0.500. The van der Waals surface area contributed by atoms with Crippen LogP contribution in [-0.4, -0.2) is 20.6 Å². The first-order chi connectivity index (χ1) is 7.81. The maximum Gasteiger partial charge on any atom is 0.243 e. The second kappa shape index (κ2) is 3.77. The smallest absolute Gasteiger partial charge is 0.243 e. The molecule has 1 N–H and O–H groups in total. The number of hydrogen-bond acceptors (Lipinski definition) is 3. The Hall–Kier alpha value is -1.58. The molecule has 3 rings (SSSR count). The van der Waals surface area contributed by atoms with Crippen LogP contribution in [0.4, 0.5) is 5.95 Å². The number of hydrogen-bond donors (Lipinski definition) is 1. The van der Waals surface area contributed by atoms with Gasteiger partial charge in [-0.25, -0.2) is 4.52 Å². The average Bonchev–Trinajstić information content (AvgIpc) is 2.86. The summed E-state index contributed by atoms with van der Waals surface area (Å²) in [6, 6.07) is 4.66. The molecule has 2 aromatic rings. The third-order valence-electron chi connectivity index (χ3n) is 3.18. The van der Waals surface area contributed by atoms with Gasteiger partial charge in [-0.3, -0.25) is 0 Å². The Morgan fingerprint density at radius 2 is 2.19 bits per heavy atom. The first-order valence-electron chi connectivity index (χ1n) is 5.91. The van der Waals surface area contributed by atoms with E-state index in [0.29, 0.717) is 6.04 Å². The molecule has 0 atom stereocenters. The molecule has 4 nitrogen and oxygen atoms in total. The van der Waals surface area contributed by atoms with Gasteiger partial charge in [0.05, 0.1) is 0 Å². The molecule has 0 bridgehead atoms. The van der Waals surface area contributed by atoms with E-state index < -0.39 is 0 Å². The number of aromatic nitrogens is 3. The van der Waals surface area contributed by atoms with Crippen LogP contribution < -0.4 is 5.32 Å². The predicted molar refractivity (Wildman–Crippen MR) is 63.6 cm³/mol. The van der Waals surface area contributed by atoms with Crippen LogP contribution in [0.15, 0.2) is 18.3 Å². The summed E-state index contributed by atoms with van der Waals surface area (Å²) in [6.07, 6.45) is 7.09. The summed E-state index contributed by atoms with van der Waals surface area (Å²) in [6.45, 7) is 2.07. The summed E-state index contributed by atoms with van der Waals surface area (Å²) in [5.74, 6) is 0.762. The molecule has 4 heteroatoms. The molecular formula is C12H16N4. The Balaban J connectivity index is 1.86. The van der Waals surface area contributed by atoms with E-state index in [0.717, 1.165) is 11.6 Å². The lowest BCUT2D eigenvalue weighted by molar-refractivity contribution is 0.743. The van der Waals surface area contributed by atoms with Crippen LogP contribution in [0.3, 0.4) is 0 Å². The number of nitrogens with one attached hydrogen (secondary N) is 1. The zero-order chi connectivity index (χ0) is 11.0. The molecule has 84 valence electrons. The Kier molecular flexibility index (Phi) is 2.27. The van der Waals surface area contributed by atoms with Crippen LogP contribution in [0, 0.1) is 6.92 Å². The van der Waals surface area contributed by atoms with E-state index in [4.69, 9.17) is 0 Å². The molecule has 0 saturated heterocycles. The standard InChI is InChI=1S/C12H16N4/c1-9-6-7-16-11(8-9)14-12(15-16)13-10-4-2-3-5-10/h6-8,10H,2-5H2,1H3,(H,13,15). The third kappa shape index (κ3) is 1.75. The van der Waals surface area contributed by atoms with Crippen LogP contribution >= 0.6 is 0 Å². The Morgan fingerprint density at radius 3 is 3.00 bits per heavy atom. The van der Waals surface area contributed by atoms with Crippen molar-refractivity contribution in [1.29, 1.82) is 0 Å². The van der Waals surface area contributed by atoms with Crippen LogP contribution in [-0.2, 0) is 0 Å². The van der Waals surface area contributed by atoms with Crippen molar-refractivity contribution in [2.24, 2.45) is 0 Å². The number of pyridine rings is 1. The van der Waals surface area contributed by atoms with Crippen LogP contribution in [0.25, 0.3) is 5.65 Å². The molecule has 1 aliphatic rings. The van der Waals surface area contributed by atoms with Gasteiger partial charge in [0.2, 0.25) is 5.95 Å². The van der Waals surface area contributed by atoms with E-state index in [1.165, 1.54) is 31.2 Å². The number of nitrogens with zero attached hydrogens (tertiary/aromatic N) is 3. The molecule has 2 heterocycles. The van der Waals surface area contributed by atoms with E-state index in [1.807, 2.05) is 22.8 Å². The highest BCUT2D eigenvalue weighted by Gasteiger charge is 2.16. The van der Waals surface area contributed by atoms with Crippen LogP contribution in [0.2, 0.25) is 0 Å². The number of anilines is 1. The fourth-order valence-corrected chi connectivity index (χ4v) is 2.30. The zero-order valence-electron chi connectivity index (χ0n) is 9.48. The summed E-state index contributed by atoms with van der Waals surface area (Å²) in [7, 11) is 0. The van der Waals surface area contributed by atoms with Gasteiger partial charge in [0, 0.05) is 12.2 Å². The largest absolute Gasteiger partial charge is 0.350 e. The minimum Gasteiger partial charge on any atom is -0.350 e. The second-order valence-corrected chi connectivity index (χ2v) is 4.57. The molecule has 16 heavy (non-hydrogen) atoms. The Bertz CT molecular complexity index is 497. The van der Waals surface area contributed by atoms with Gasteiger partial charge in [0.25, 0.3) is 0 Å². The lowest BCUT2D eigenvalue weighted by atomic mass is 10.3. The highest BCUT2D eigenvalue weighted by molar-refractivity contribution is 5.45. The van der Waals surface area contributed by atoms with Crippen molar-refractivity contribution in [2.45, 2.75) is 38.6 Å². The molecule has 0 aromatic carbocycles. The molecule has 0 amide bonds. The molecular weight excluding hydrogens is 200 g/mol. The molecule has 0 radical (unpaired) electrons. The van der Waals surface area contributed by atoms with Gasteiger partial charge in [-0.05, 0) is 37.5 Å². The minimum atomic E-state index is 0.568. The highest BCUT2D eigenvalue weighted by atomic mass is 15.3. The first-order valence-corrected chi connectivity index (χ1v) is 5.91. The summed E-state index contributed by atoms with van der Waals surface area (Å²) < 4.78 is 1.82. The SMILES string of the molecule is Cc1ccn2nc(NC3CCCC3)nc2c1. The van der Waals surface area contributed by atoms with Crippen molar-refractivity contribution >= 4 is 11.6 Å². The van der Waals surface area contributed by atoms with Crippen molar-refractivity contribution in [3.05, 3.63) is 23.9 Å². The lowest BCUT2D eigenvalue weighted by Gasteiger charge is -2.08. The molecule has 1 fully saturated rings. The number of rotatable bonds is 2. The third-order valence-corrected chi connectivity index (χ3v) is 3.18. The summed E-state index contributed by atoms with van der Waals surface area (Å²) >= 11 is 0. The summed E-state index contributed by atoms with van der Waals surface area (Å²) in [5, 5.41) is 7.82. The van der Waals surface area contributed by atoms with Gasteiger partial charge in [-0.2, -0.15) is 4.98 Å². The van der Waals surface area contributed by atoms with Gasteiger partial charge in [-0.1, -0.05) is 12.8 Å². The number of fused-ring (bicyclic) bond motifs is 1. The normalized spacial score (nSPS) is 17.1. The van der Waals surface area contributed by atoms with E-state index in [1.54, 1.807) is 0 Å². The van der Waals surface area contributed by atoms with E-state index in [9.17, 15) is 0 Å². The van der Waals surface area contributed by atoms with E-state index in [-0.39, 0.29) is 0 Å². The topological polar surface area (TPSA) is 42.2 Å². The van der Waals surface area contributed by atoms with E-state index in [2.05, 4.69) is 22.3 Å². The molecule has 0 spiro atoms. The molecule has 1 saturated carbocycles. The predicted octanol–water partition coefficient (Wildman–Crippen LogP) is 2.39. The van der Waals surface area contributed by atoms with Gasteiger partial charge in [-0.15, -0.1) is 5.10 Å². The minimum absolute atomic E-state index is 0.568. The average molecular weight is 216 g/mol. The molecule has 1 aliphatic carbocycles. The van der Waals surface area contributed by atoms with Crippen molar-refractivity contribution in [1.82, 2.24) is 14.6 Å². The molecule has 0 aliphatic heterocycles. The molecule has 2 aromatic heterocycles. The Labute approximate surface area is 94.7 Å². The van der Waals surface area contributed by atoms with Crippen molar-refractivity contribution < 1.29 is 0 Å². The van der Waals surface area contributed by atoms with Gasteiger partial charge < -0.3 is 5.32 Å². The van der Waals surface area contributed by atoms with E-state index >= 15 is 0 Å². The van der Waals surface area contributed by atoms with Gasteiger partial charge in [0.1, 0.15) is 0 Å². The van der Waals surface area contributed by atoms with Crippen molar-refractivity contribution in [3.63, 3.8) is 0 Å². The zero-order valence-corrected chi connectivity index (χ0v) is 9.48. The van der Waals surface area contributed by atoms with Crippen LogP contribution in [0.1, 0.15) is 31.2 Å². The summed E-state index contributed by atoms with van der Waals surface area (Å²) in [4.78, 5) is 4.48. The maximum atomic E-state index is 4.48. The fourth-order valence-electron chi connectivity index (χ4n) is 2.30. The highest BCUT2D eigenvalue weighted by Crippen LogP contribution is 2.21. The quantitative estimate of drug-likeness (QED) is 0.838. The Morgan fingerprint density at radius 1 is 1.38 bits per heavy atom. The van der Waals surface area contributed by atoms with Gasteiger partial charge in [0.15, 0.2) is 5.65 Å². The van der Waals surface area contributed by atoms with Crippen LogP contribution in [0.5, 0.6) is 0 Å². The first kappa shape index (κ1) is 9.63. The van der Waals surface area contributed by atoms with Crippen molar-refractivity contribution in [3.8, 4) is 0 Å².